The molecule has 42 heavy (non-hydrogen) atoms. The molecule has 2 amide bonds. The topological polar surface area (TPSA) is 96.0 Å². The molecule has 0 spiro atoms. The lowest BCUT2D eigenvalue weighted by Gasteiger charge is -2.32. The molecular weight excluding hydrogens is 574 g/mol. The van der Waals surface area contributed by atoms with E-state index in [-0.39, 0.29) is 43.7 Å². The normalized spacial score (nSPS) is 12.0. The third-order valence-corrected chi connectivity index (χ3v) is 8.16. The highest BCUT2D eigenvalue weighted by atomic mass is 35.5. The Hall–Kier alpha value is -3.56. The second-order valence-electron chi connectivity index (χ2n) is 10.6. The monoisotopic (exact) mass is 613 g/mol. The van der Waals surface area contributed by atoms with Gasteiger partial charge in [0.2, 0.25) is 21.8 Å². The quantitative estimate of drug-likeness (QED) is 0.251. The number of nitrogens with one attached hydrogen (secondary N) is 1. The van der Waals surface area contributed by atoms with E-state index in [1.54, 1.807) is 41.3 Å². The number of methoxy groups -OCH3 is 1. The lowest BCUT2D eigenvalue weighted by molar-refractivity contribution is -0.141. The molecule has 10 heteroatoms. The van der Waals surface area contributed by atoms with Crippen molar-refractivity contribution in [1.29, 1.82) is 0 Å². The number of sulfonamides is 1. The Balaban J connectivity index is 1.88. The standard InChI is InChI=1S/C32H40ClN3O5S/c1-24(2)22-34-32(38)30(20-25-10-6-5-7-11-25)35(23-26-15-17-27(33)18-16-26)31(37)14-9-19-36(42(4,39)40)28-12-8-13-29(21-28)41-3/h5-8,10-13,15-18,21,24,30H,9,14,19-20,22-23H2,1-4H3,(H,34,38)/t30-/m0/s1. The van der Waals surface area contributed by atoms with Gasteiger partial charge in [0.25, 0.3) is 0 Å². The van der Waals surface area contributed by atoms with Crippen molar-refractivity contribution in [3.8, 4) is 5.75 Å². The molecule has 1 N–H and O–H groups in total. The maximum absolute atomic E-state index is 13.9. The summed E-state index contributed by atoms with van der Waals surface area (Å²) in [6.45, 7) is 4.80. The van der Waals surface area contributed by atoms with Gasteiger partial charge in [0.15, 0.2) is 0 Å². The molecule has 0 radical (unpaired) electrons. The third-order valence-electron chi connectivity index (χ3n) is 6.72. The maximum Gasteiger partial charge on any atom is 0.243 e. The van der Waals surface area contributed by atoms with Crippen LogP contribution in [-0.4, -0.2) is 57.6 Å². The molecular formula is C32H40ClN3O5S. The average Bonchev–Trinajstić information content (AvgIpc) is 2.96. The SMILES string of the molecule is COc1cccc(N(CCCC(=O)N(Cc2ccc(Cl)cc2)[C@@H](Cc2ccccc2)C(=O)NCC(C)C)S(C)(=O)=O)c1. The van der Waals surface area contributed by atoms with E-state index in [4.69, 9.17) is 16.3 Å². The van der Waals surface area contributed by atoms with Gasteiger partial charge in [-0.25, -0.2) is 8.42 Å². The van der Waals surface area contributed by atoms with Gasteiger partial charge in [-0.2, -0.15) is 0 Å². The first-order valence-corrected chi connectivity index (χ1v) is 16.2. The van der Waals surface area contributed by atoms with Gasteiger partial charge in [0.1, 0.15) is 11.8 Å². The van der Waals surface area contributed by atoms with Crippen LogP contribution < -0.4 is 14.4 Å². The molecule has 0 aromatic heterocycles. The summed E-state index contributed by atoms with van der Waals surface area (Å²) in [5, 5.41) is 3.58. The summed E-state index contributed by atoms with van der Waals surface area (Å²) in [5.74, 6) is 0.293. The van der Waals surface area contributed by atoms with Crippen LogP contribution in [-0.2, 0) is 32.6 Å². The number of amides is 2. The number of hydrogen-bond acceptors (Lipinski definition) is 5. The summed E-state index contributed by atoms with van der Waals surface area (Å²) in [6.07, 6.45) is 1.78. The molecule has 8 nitrogen and oxygen atoms in total. The third kappa shape index (κ3) is 10.1. The molecule has 1 atom stereocenters. The van der Waals surface area contributed by atoms with Gasteiger partial charge in [-0.15, -0.1) is 0 Å². The Kier molecular flexibility index (Phi) is 12.2. The molecule has 0 fully saturated rings. The fraction of sp³-hybridized carbons (Fsp3) is 0.375. The number of benzene rings is 3. The number of anilines is 1. The first-order chi connectivity index (χ1) is 20.0. The Morgan fingerprint density at radius 3 is 2.26 bits per heavy atom. The first-order valence-electron chi connectivity index (χ1n) is 13.9. The Bertz CT molecular complexity index is 1420. The van der Waals surface area contributed by atoms with Crippen LogP contribution >= 0.6 is 11.6 Å². The van der Waals surface area contributed by atoms with E-state index in [0.717, 1.165) is 17.4 Å². The summed E-state index contributed by atoms with van der Waals surface area (Å²) < 4.78 is 31.9. The van der Waals surface area contributed by atoms with Crippen molar-refractivity contribution in [2.24, 2.45) is 5.92 Å². The van der Waals surface area contributed by atoms with Gasteiger partial charge in [0.05, 0.1) is 19.1 Å². The summed E-state index contributed by atoms with van der Waals surface area (Å²) >= 11 is 6.10. The number of nitrogens with zero attached hydrogens (tertiary/aromatic N) is 2. The van der Waals surface area contributed by atoms with E-state index in [1.807, 2.05) is 56.3 Å². The largest absolute Gasteiger partial charge is 0.497 e. The van der Waals surface area contributed by atoms with Crippen LogP contribution in [0.4, 0.5) is 5.69 Å². The van der Waals surface area contributed by atoms with Crippen molar-refractivity contribution in [1.82, 2.24) is 10.2 Å². The van der Waals surface area contributed by atoms with E-state index in [0.29, 0.717) is 29.4 Å². The molecule has 0 aliphatic carbocycles. The molecule has 3 aromatic carbocycles. The number of ether oxygens (including phenoxy) is 1. The van der Waals surface area contributed by atoms with Gasteiger partial charge in [0, 0.05) is 43.6 Å². The Labute approximate surface area is 254 Å². The Morgan fingerprint density at radius 1 is 0.952 bits per heavy atom. The van der Waals surface area contributed by atoms with E-state index < -0.39 is 16.1 Å². The maximum atomic E-state index is 13.9. The van der Waals surface area contributed by atoms with E-state index >= 15 is 0 Å². The number of rotatable bonds is 15. The molecule has 3 rings (SSSR count). The molecule has 0 aliphatic rings. The van der Waals surface area contributed by atoms with Crippen LogP contribution in [0.5, 0.6) is 5.75 Å². The fourth-order valence-electron chi connectivity index (χ4n) is 4.53. The molecule has 0 heterocycles. The summed E-state index contributed by atoms with van der Waals surface area (Å²) in [7, 11) is -2.11. The Morgan fingerprint density at radius 2 is 1.64 bits per heavy atom. The second-order valence-corrected chi connectivity index (χ2v) is 13.0. The van der Waals surface area contributed by atoms with Gasteiger partial charge in [-0.05, 0) is 47.7 Å². The predicted octanol–water partition coefficient (Wildman–Crippen LogP) is 5.31. The molecule has 226 valence electrons. The summed E-state index contributed by atoms with van der Waals surface area (Å²) in [6, 6.07) is 22.8. The highest BCUT2D eigenvalue weighted by Gasteiger charge is 2.30. The molecule has 0 saturated carbocycles. The molecule has 3 aromatic rings. The van der Waals surface area contributed by atoms with Crippen molar-refractivity contribution >= 4 is 39.1 Å². The minimum atomic E-state index is -3.62. The minimum Gasteiger partial charge on any atom is -0.497 e. The lowest BCUT2D eigenvalue weighted by Crippen LogP contribution is -2.51. The van der Waals surface area contributed by atoms with Crippen LogP contribution in [0.15, 0.2) is 78.9 Å². The highest BCUT2D eigenvalue weighted by Crippen LogP contribution is 2.24. The zero-order valence-corrected chi connectivity index (χ0v) is 26.2. The number of hydrogen-bond donors (Lipinski definition) is 1. The molecule has 0 saturated heterocycles. The lowest BCUT2D eigenvalue weighted by atomic mass is 10.0. The van der Waals surface area contributed by atoms with E-state index in [1.165, 1.54) is 11.4 Å². The van der Waals surface area contributed by atoms with Gasteiger partial charge >= 0.3 is 0 Å². The van der Waals surface area contributed by atoms with Crippen LogP contribution in [0.1, 0.15) is 37.8 Å². The molecule has 0 bridgehead atoms. The van der Waals surface area contributed by atoms with Crippen molar-refractivity contribution in [3.63, 3.8) is 0 Å². The van der Waals surface area contributed by atoms with Crippen molar-refractivity contribution in [2.75, 3.05) is 30.8 Å². The highest BCUT2D eigenvalue weighted by molar-refractivity contribution is 7.92. The van der Waals surface area contributed by atoms with Crippen LogP contribution in [0.2, 0.25) is 5.02 Å². The van der Waals surface area contributed by atoms with Gasteiger partial charge in [-0.3, -0.25) is 13.9 Å². The minimum absolute atomic E-state index is 0.0479. The van der Waals surface area contributed by atoms with Crippen molar-refractivity contribution in [3.05, 3.63) is 95.0 Å². The zero-order chi connectivity index (χ0) is 30.7. The first kappa shape index (κ1) is 32.9. The van der Waals surface area contributed by atoms with Crippen LogP contribution in [0.3, 0.4) is 0 Å². The van der Waals surface area contributed by atoms with E-state index in [2.05, 4.69) is 5.32 Å². The number of halogens is 1. The van der Waals surface area contributed by atoms with Crippen molar-refractivity contribution < 1.29 is 22.7 Å². The smallest absolute Gasteiger partial charge is 0.243 e. The van der Waals surface area contributed by atoms with Gasteiger partial charge < -0.3 is 15.0 Å². The van der Waals surface area contributed by atoms with Crippen LogP contribution in [0.25, 0.3) is 0 Å². The fourth-order valence-corrected chi connectivity index (χ4v) is 5.62. The summed E-state index contributed by atoms with van der Waals surface area (Å²) in [5.41, 5.74) is 2.21. The summed E-state index contributed by atoms with van der Waals surface area (Å²) in [4.78, 5) is 29.1. The number of carbonyl (C=O) groups excluding carboxylic acids is 2. The predicted molar refractivity (Wildman–Crippen MR) is 168 cm³/mol. The van der Waals surface area contributed by atoms with Crippen LogP contribution in [0, 0.1) is 5.92 Å². The molecule has 0 aliphatic heterocycles. The second kappa shape index (κ2) is 15.6. The zero-order valence-electron chi connectivity index (χ0n) is 24.6. The molecule has 0 unspecified atom stereocenters. The van der Waals surface area contributed by atoms with E-state index in [9.17, 15) is 18.0 Å². The average molecular weight is 614 g/mol. The number of carbonyl (C=O) groups is 2. The van der Waals surface area contributed by atoms with Gasteiger partial charge in [-0.1, -0.05) is 74.0 Å². The van der Waals surface area contributed by atoms with Crippen molar-refractivity contribution in [2.45, 2.75) is 45.7 Å².